The molecule has 0 amide bonds. The highest BCUT2D eigenvalue weighted by atomic mass is 19.1. The summed E-state index contributed by atoms with van der Waals surface area (Å²) in [5.74, 6) is -0.171. The number of nitriles is 1. The summed E-state index contributed by atoms with van der Waals surface area (Å²) in [6.07, 6.45) is -0.00931. The number of benzene rings is 2. The first kappa shape index (κ1) is 13.8. The Hall–Kier alpha value is -2.67. The molecule has 0 aliphatic heterocycles. The minimum Gasteiger partial charge on any atom is -0.486 e. The lowest BCUT2D eigenvalue weighted by atomic mass is 10.1. The Labute approximate surface area is 116 Å². The van der Waals surface area contributed by atoms with E-state index in [1.165, 1.54) is 6.07 Å². The average Bonchev–Trinajstić information content (AvgIpc) is 2.48. The van der Waals surface area contributed by atoms with Crippen molar-refractivity contribution < 1.29 is 13.9 Å². The third kappa shape index (κ3) is 3.66. The molecule has 4 heteroatoms. The molecule has 0 atom stereocenters. The minimum absolute atomic E-state index is 0.00931. The molecular weight excluding hydrogens is 257 g/mol. The van der Waals surface area contributed by atoms with E-state index >= 15 is 0 Å². The zero-order chi connectivity index (χ0) is 14.4. The summed E-state index contributed by atoms with van der Waals surface area (Å²) in [6, 6.07) is 14.7. The maximum Gasteiger partial charge on any atom is 0.174 e. The molecule has 0 bridgehead atoms. The van der Waals surface area contributed by atoms with Crippen molar-refractivity contribution in [3.8, 4) is 11.8 Å². The van der Waals surface area contributed by atoms with E-state index in [1.807, 2.05) is 6.07 Å². The van der Waals surface area contributed by atoms with Crippen molar-refractivity contribution in [2.45, 2.75) is 6.42 Å². The van der Waals surface area contributed by atoms with E-state index < -0.39 is 5.82 Å². The van der Waals surface area contributed by atoms with Crippen LogP contribution in [0, 0.1) is 17.1 Å². The fourth-order valence-corrected chi connectivity index (χ4v) is 1.72. The van der Waals surface area contributed by atoms with Gasteiger partial charge in [0, 0.05) is 6.42 Å². The molecule has 2 aromatic rings. The fourth-order valence-electron chi connectivity index (χ4n) is 1.72. The van der Waals surface area contributed by atoms with Crippen LogP contribution in [0.2, 0.25) is 0 Å². The Morgan fingerprint density at radius 2 is 2.00 bits per heavy atom. The zero-order valence-electron chi connectivity index (χ0n) is 10.7. The summed E-state index contributed by atoms with van der Waals surface area (Å²) in [5.41, 5.74) is 0.816. The van der Waals surface area contributed by atoms with Crippen LogP contribution in [-0.2, 0) is 11.2 Å². The first-order valence-corrected chi connectivity index (χ1v) is 6.07. The molecule has 0 heterocycles. The van der Waals surface area contributed by atoms with Crippen LogP contribution < -0.4 is 4.74 Å². The van der Waals surface area contributed by atoms with Crippen LogP contribution in [0.1, 0.15) is 11.1 Å². The van der Waals surface area contributed by atoms with Gasteiger partial charge in [0.25, 0.3) is 0 Å². The normalized spacial score (nSPS) is 9.80. The van der Waals surface area contributed by atoms with Gasteiger partial charge in [0.1, 0.15) is 18.2 Å². The summed E-state index contributed by atoms with van der Waals surface area (Å²) in [7, 11) is 0. The third-order valence-corrected chi connectivity index (χ3v) is 2.71. The molecule has 0 fully saturated rings. The predicted molar refractivity (Wildman–Crippen MR) is 71.8 cm³/mol. The summed E-state index contributed by atoms with van der Waals surface area (Å²) in [5, 5.41) is 8.75. The molecule has 0 N–H and O–H groups in total. The summed E-state index contributed by atoms with van der Waals surface area (Å²) in [4.78, 5) is 11.7. The second-order valence-electron chi connectivity index (χ2n) is 4.24. The Morgan fingerprint density at radius 3 is 2.75 bits per heavy atom. The van der Waals surface area contributed by atoms with Crippen LogP contribution in [0.5, 0.6) is 5.75 Å². The van der Waals surface area contributed by atoms with Crippen LogP contribution in [0.4, 0.5) is 4.39 Å². The molecule has 0 aromatic heterocycles. The van der Waals surface area contributed by atoms with Crippen LogP contribution in [0.25, 0.3) is 0 Å². The molecule has 0 aliphatic carbocycles. The second kappa shape index (κ2) is 6.48. The first-order valence-electron chi connectivity index (χ1n) is 6.07. The summed E-state index contributed by atoms with van der Waals surface area (Å²) >= 11 is 0. The molecule has 0 saturated carbocycles. The number of rotatable bonds is 5. The zero-order valence-corrected chi connectivity index (χ0v) is 10.7. The van der Waals surface area contributed by atoms with Gasteiger partial charge in [-0.1, -0.05) is 24.3 Å². The number of nitrogens with zero attached hydrogens (tertiary/aromatic N) is 1. The third-order valence-electron chi connectivity index (χ3n) is 2.71. The lowest BCUT2D eigenvalue weighted by Crippen LogP contribution is -2.14. The number of carbonyl (C=O) groups excluding carboxylic acids is 1. The maximum absolute atomic E-state index is 13.4. The molecular formula is C16H12FNO2. The molecule has 0 spiro atoms. The topological polar surface area (TPSA) is 50.1 Å². The molecule has 20 heavy (non-hydrogen) atoms. The second-order valence-corrected chi connectivity index (χ2v) is 4.24. The quantitative estimate of drug-likeness (QED) is 0.838. The van der Waals surface area contributed by atoms with Crippen LogP contribution in [0.15, 0.2) is 48.5 Å². The fraction of sp³-hybridized carbons (Fsp3) is 0.125. The van der Waals surface area contributed by atoms with Crippen molar-refractivity contribution in [2.24, 2.45) is 0 Å². The van der Waals surface area contributed by atoms with E-state index in [9.17, 15) is 9.18 Å². The van der Waals surface area contributed by atoms with E-state index in [4.69, 9.17) is 10.00 Å². The van der Waals surface area contributed by atoms with E-state index in [2.05, 4.69) is 0 Å². The van der Waals surface area contributed by atoms with Crippen LogP contribution >= 0.6 is 0 Å². The number of ketones is 1. The van der Waals surface area contributed by atoms with Crippen molar-refractivity contribution in [1.29, 1.82) is 5.26 Å². The number of carbonyl (C=O) groups is 1. The molecule has 2 aromatic carbocycles. The number of hydrogen-bond acceptors (Lipinski definition) is 3. The van der Waals surface area contributed by atoms with Crippen molar-refractivity contribution in [3.63, 3.8) is 0 Å². The van der Waals surface area contributed by atoms with E-state index in [0.717, 1.165) is 0 Å². The van der Waals surface area contributed by atoms with Gasteiger partial charge in [0.15, 0.2) is 5.78 Å². The van der Waals surface area contributed by atoms with Gasteiger partial charge in [-0.3, -0.25) is 4.79 Å². The van der Waals surface area contributed by atoms with Crippen LogP contribution in [-0.4, -0.2) is 12.4 Å². The van der Waals surface area contributed by atoms with Gasteiger partial charge in [-0.25, -0.2) is 4.39 Å². The molecule has 0 aliphatic rings. The molecule has 0 saturated heterocycles. The standard InChI is InChI=1S/C16H12FNO2/c17-16-7-2-1-5-13(16)9-14(19)11-20-15-6-3-4-12(8-15)10-18/h1-8H,9,11H2. The van der Waals surface area contributed by atoms with Gasteiger partial charge >= 0.3 is 0 Å². The lowest BCUT2D eigenvalue weighted by Gasteiger charge is -2.06. The monoisotopic (exact) mass is 269 g/mol. The van der Waals surface area contributed by atoms with Crippen molar-refractivity contribution >= 4 is 5.78 Å². The minimum atomic E-state index is -0.396. The largest absolute Gasteiger partial charge is 0.486 e. The molecule has 2 rings (SSSR count). The lowest BCUT2D eigenvalue weighted by molar-refractivity contribution is -0.120. The highest BCUT2D eigenvalue weighted by Gasteiger charge is 2.08. The Bertz CT molecular complexity index is 662. The van der Waals surface area contributed by atoms with Gasteiger partial charge < -0.3 is 4.74 Å². The Kier molecular flexibility index (Phi) is 4.46. The van der Waals surface area contributed by atoms with Gasteiger partial charge in [-0.15, -0.1) is 0 Å². The summed E-state index contributed by atoms with van der Waals surface area (Å²) in [6.45, 7) is -0.150. The van der Waals surface area contributed by atoms with Gasteiger partial charge in [-0.05, 0) is 29.8 Å². The van der Waals surface area contributed by atoms with E-state index in [1.54, 1.807) is 42.5 Å². The van der Waals surface area contributed by atoms with Crippen molar-refractivity contribution in [1.82, 2.24) is 0 Å². The molecule has 0 unspecified atom stereocenters. The molecule has 0 radical (unpaired) electrons. The predicted octanol–water partition coefficient (Wildman–Crippen LogP) is 2.89. The van der Waals surface area contributed by atoms with E-state index in [-0.39, 0.29) is 18.8 Å². The highest BCUT2D eigenvalue weighted by molar-refractivity contribution is 5.82. The van der Waals surface area contributed by atoms with Gasteiger partial charge in [0.2, 0.25) is 0 Å². The van der Waals surface area contributed by atoms with E-state index in [0.29, 0.717) is 16.9 Å². The maximum atomic E-state index is 13.4. The van der Waals surface area contributed by atoms with Crippen LogP contribution in [0.3, 0.4) is 0 Å². The Morgan fingerprint density at radius 1 is 1.20 bits per heavy atom. The number of halogens is 1. The van der Waals surface area contributed by atoms with Gasteiger partial charge in [0.05, 0.1) is 11.6 Å². The Balaban J connectivity index is 1.93. The van der Waals surface area contributed by atoms with Crippen molar-refractivity contribution in [3.05, 3.63) is 65.5 Å². The molecule has 3 nitrogen and oxygen atoms in total. The van der Waals surface area contributed by atoms with Crippen molar-refractivity contribution in [2.75, 3.05) is 6.61 Å². The SMILES string of the molecule is N#Cc1cccc(OCC(=O)Cc2ccccc2F)c1. The summed E-state index contributed by atoms with van der Waals surface area (Å²) < 4.78 is 18.7. The molecule has 100 valence electrons. The number of hydrogen-bond donors (Lipinski definition) is 0. The first-order chi connectivity index (χ1) is 9.69. The highest BCUT2D eigenvalue weighted by Crippen LogP contribution is 2.13. The van der Waals surface area contributed by atoms with Gasteiger partial charge in [-0.2, -0.15) is 5.26 Å². The number of ether oxygens (including phenoxy) is 1. The smallest absolute Gasteiger partial charge is 0.174 e. The average molecular weight is 269 g/mol. The number of Topliss-reactive ketones (excluding diaryl/α,β-unsaturated/α-hetero) is 1.